The molecule has 0 N–H and O–H groups in total. The first kappa shape index (κ1) is 12.2. The molecule has 0 aromatic heterocycles. The summed E-state index contributed by atoms with van der Waals surface area (Å²) in [6.45, 7) is 0. The minimum Gasteiger partial charge on any atom is -0.281 e. The summed E-state index contributed by atoms with van der Waals surface area (Å²) < 4.78 is 87.5. The quantitative estimate of drug-likeness (QED) is 0.525. The highest BCUT2D eigenvalue weighted by atomic mass is 32.3. The molecule has 10 heteroatoms. The maximum absolute atomic E-state index is 11.8. The average Bonchev–Trinajstić information content (AvgIpc) is 1.81. The van der Waals surface area contributed by atoms with E-state index in [1.807, 2.05) is 0 Å². The number of rotatable bonds is 2. The number of ketones is 1. The van der Waals surface area contributed by atoms with Crippen LogP contribution in [0.1, 0.15) is 0 Å². The number of alkyl halides is 5. The van der Waals surface area contributed by atoms with Crippen LogP contribution in [0.25, 0.3) is 0 Å². The lowest BCUT2D eigenvalue weighted by atomic mass is 10.4. The summed E-state index contributed by atoms with van der Waals surface area (Å²) >= 11 is 0. The Bertz CT molecular complexity index is 313. The Balaban J connectivity index is 5.23. The first-order valence-corrected chi connectivity index (χ1v) is 3.72. The van der Waals surface area contributed by atoms with Crippen molar-refractivity contribution >= 4 is 16.0 Å². The molecular weight excluding hydrogens is 230 g/mol. The zero-order valence-electron chi connectivity index (χ0n) is 5.40. The van der Waals surface area contributed by atoms with Gasteiger partial charge in [-0.15, -0.1) is 0 Å². The van der Waals surface area contributed by atoms with Gasteiger partial charge in [0.2, 0.25) is 0 Å². The van der Waals surface area contributed by atoms with Crippen molar-refractivity contribution in [1.82, 2.24) is 0 Å². The first-order chi connectivity index (χ1) is 5.40. The Labute approximate surface area is 67.5 Å². The van der Waals surface area contributed by atoms with E-state index in [-0.39, 0.29) is 0 Å². The molecule has 0 unspecified atom stereocenters. The smallest absolute Gasteiger partial charge is 0.281 e. The van der Waals surface area contributed by atoms with Crippen LogP contribution in [0.4, 0.5) is 25.8 Å². The van der Waals surface area contributed by atoms with Crippen LogP contribution in [-0.4, -0.2) is 25.6 Å². The van der Waals surface area contributed by atoms with Crippen LogP contribution in [-0.2, 0) is 15.0 Å². The monoisotopic (exact) mass is 230 g/mol. The fourth-order valence-corrected chi connectivity index (χ4v) is 0.613. The van der Waals surface area contributed by atoms with E-state index < -0.39 is 27.4 Å². The Morgan fingerprint density at radius 1 is 1.00 bits per heavy atom. The van der Waals surface area contributed by atoms with Crippen molar-refractivity contribution in [3.05, 3.63) is 0 Å². The Kier molecular flexibility index (Phi) is 2.68. The third-order valence-corrected chi connectivity index (χ3v) is 1.63. The highest BCUT2D eigenvalue weighted by Gasteiger charge is 2.63. The van der Waals surface area contributed by atoms with Gasteiger partial charge in [0.1, 0.15) is 0 Å². The van der Waals surface area contributed by atoms with Crippen molar-refractivity contribution in [2.45, 2.75) is 11.4 Å². The molecule has 13 heavy (non-hydrogen) atoms. The molecule has 0 aromatic carbocycles. The predicted octanol–water partition coefficient (Wildman–Crippen LogP) is 1.01. The molecule has 0 amide bonds. The van der Waals surface area contributed by atoms with Crippen molar-refractivity contribution in [2.75, 3.05) is 0 Å². The molecule has 0 aliphatic heterocycles. The maximum atomic E-state index is 11.8. The van der Waals surface area contributed by atoms with Crippen molar-refractivity contribution in [1.29, 1.82) is 0 Å². The SMILES string of the molecule is O=C(C(F)(F)F)C(F)(F)S(=O)(=O)F. The number of carbonyl (C=O) groups excluding carboxylic acids is 1. The van der Waals surface area contributed by atoms with Gasteiger partial charge >= 0.3 is 27.4 Å². The third-order valence-electron chi connectivity index (χ3n) is 0.828. The molecule has 78 valence electrons. The molecule has 0 spiro atoms. The molecule has 0 bridgehead atoms. The van der Waals surface area contributed by atoms with Crippen molar-refractivity contribution in [2.24, 2.45) is 0 Å². The van der Waals surface area contributed by atoms with Crippen LogP contribution in [0.2, 0.25) is 0 Å². The summed E-state index contributed by atoms with van der Waals surface area (Å²) in [5.74, 6) is -3.96. The van der Waals surface area contributed by atoms with Crippen molar-refractivity contribution < 1.29 is 39.1 Å². The molecule has 0 saturated heterocycles. The molecule has 0 atom stereocenters. The summed E-state index contributed by atoms with van der Waals surface area (Å²) in [5.41, 5.74) is 0. The summed E-state index contributed by atoms with van der Waals surface area (Å²) in [7, 11) is -6.89. The summed E-state index contributed by atoms with van der Waals surface area (Å²) in [6, 6.07) is 0. The van der Waals surface area contributed by atoms with Crippen LogP contribution in [0.15, 0.2) is 0 Å². The third kappa shape index (κ3) is 2.32. The van der Waals surface area contributed by atoms with Crippen molar-refractivity contribution in [3.63, 3.8) is 0 Å². The van der Waals surface area contributed by atoms with Gasteiger partial charge in [0.25, 0.3) is 0 Å². The van der Waals surface area contributed by atoms with Gasteiger partial charge in [-0.3, -0.25) is 4.79 Å². The second kappa shape index (κ2) is 2.86. The van der Waals surface area contributed by atoms with Crippen LogP contribution >= 0.6 is 0 Å². The average molecular weight is 230 g/mol. The van der Waals surface area contributed by atoms with Gasteiger partial charge in [0.15, 0.2) is 0 Å². The lowest BCUT2D eigenvalue weighted by molar-refractivity contribution is -0.186. The number of hydrogen-bond donors (Lipinski definition) is 0. The highest BCUT2D eigenvalue weighted by molar-refractivity contribution is 7.88. The van der Waals surface area contributed by atoms with E-state index in [9.17, 15) is 39.1 Å². The van der Waals surface area contributed by atoms with Gasteiger partial charge in [-0.05, 0) is 0 Å². The zero-order chi connectivity index (χ0) is 11.1. The lowest BCUT2D eigenvalue weighted by Gasteiger charge is -2.11. The second-order valence-corrected chi connectivity index (χ2v) is 3.17. The van der Waals surface area contributed by atoms with Crippen LogP contribution < -0.4 is 0 Å². The summed E-state index contributed by atoms with van der Waals surface area (Å²) in [4.78, 5) is 9.64. The molecular formula is C3F6O3S. The summed E-state index contributed by atoms with van der Waals surface area (Å²) in [5, 5.41) is -6.08. The minimum atomic E-state index is -6.89. The molecule has 0 rings (SSSR count). The maximum Gasteiger partial charge on any atom is 0.457 e. The molecule has 0 aromatic rings. The van der Waals surface area contributed by atoms with E-state index in [1.165, 1.54) is 0 Å². The zero-order valence-corrected chi connectivity index (χ0v) is 6.22. The Morgan fingerprint density at radius 3 is 1.38 bits per heavy atom. The van der Waals surface area contributed by atoms with Crippen LogP contribution in [0, 0.1) is 0 Å². The lowest BCUT2D eigenvalue weighted by Crippen LogP contribution is -2.44. The van der Waals surface area contributed by atoms with Gasteiger partial charge in [-0.2, -0.15) is 30.4 Å². The largest absolute Gasteiger partial charge is 0.457 e. The van der Waals surface area contributed by atoms with E-state index in [0.717, 1.165) is 0 Å². The first-order valence-electron chi connectivity index (χ1n) is 2.34. The van der Waals surface area contributed by atoms with E-state index >= 15 is 0 Å². The van der Waals surface area contributed by atoms with E-state index in [0.29, 0.717) is 0 Å². The van der Waals surface area contributed by atoms with Gasteiger partial charge in [0.05, 0.1) is 0 Å². The number of Topliss-reactive ketones (excluding diaryl/α,β-unsaturated/α-hetero) is 1. The second-order valence-electron chi connectivity index (χ2n) is 1.78. The predicted molar refractivity (Wildman–Crippen MR) is 26.0 cm³/mol. The van der Waals surface area contributed by atoms with Crippen LogP contribution in [0.5, 0.6) is 0 Å². The van der Waals surface area contributed by atoms with Gasteiger partial charge in [-0.25, -0.2) is 0 Å². The number of carbonyl (C=O) groups is 1. The van der Waals surface area contributed by atoms with E-state index in [1.54, 1.807) is 0 Å². The van der Waals surface area contributed by atoms with Crippen molar-refractivity contribution in [3.8, 4) is 0 Å². The highest BCUT2D eigenvalue weighted by Crippen LogP contribution is 2.32. The molecule has 0 saturated carbocycles. The van der Waals surface area contributed by atoms with Gasteiger partial charge < -0.3 is 0 Å². The Hall–Kier alpha value is -0.800. The van der Waals surface area contributed by atoms with Gasteiger partial charge in [-0.1, -0.05) is 3.89 Å². The molecule has 3 nitrogen and oxygen atoms in total. The standard InChI is InChI=1S/C3F6O3S/c4-2(5,6)1(10)3(7,8)13(9,11)12. The Morgan fingerprint density at radius 2 is 1.31 bits per heavy atom. The number of hydrogen-bond acceptors (Lipinski definition) is 3. The molecule has 0 radical (unpaired) electrons. The van der Waals surface area contributed by atoms with E-state index in [4.69, 9.17) is 0 Å². The normalized spacial score (nSPS) is 14.3. The number of halogens is 6. The molecule has 0 heterocycles. The fraction of sp³-hybridized carbons (Fsp3) is 0.667. The summed E-state index contributed by atoms with van der Waals surface area (Å²) in [6.07, 6.45) is -6.11. The fourth-order valence-electron chi connectivity index (χ4n) is 0.276. The topological polar surface area (TPSA) is 51.2 Å². The minimum absolute atomic E-state index is 3.96. The van der Waals surface area contributed by atoms with Gasteiger partial charge in [0, 0.05) is 0 Å². The van der Waals surface area contributed by atoms with Crippen LogP contribution in [0.3, 0.4) is 0 Å². The molecule has 0 fully saturated rings. The van der Waals surface area contributed by atoms with E-state index in [2.05, 4.69) is 0 Å². The molecule has 0 aliphatic carbocycles. The molecule has 0 aliphatic rings.